The Bertz CT molecular complexity index is 814. The zero-order valence-corrected chi connectivity index (χ0v) is 13.6. The van der Waals surface area contributed by atoms with Gasteiger partial charge in [-0.1, -0.05) is 56.5 Å². The third kappa shape index (κ3) is 2.69. The van der Waals surface area contributed by atoms with Crippen LogP contribution in [0.3, 0.4) is 0 Å². The first kappa shape index (κ1) is 14.2. The first-order valence-electron chi connectivity index (χ1n) is 6.34. The number of nitrogen functional groups attached to an aromatic ring is 1. The Morgan fingerprint density at radius 2 is 2.00 bits per heavy atom. The van der Waals surface area contributed by atoms with Crippen LogP contribution in [-0.2, 0) is 0 Å². The summed E-state index contributed by atoms with van der Waals surface area (Å²) in [6.07, 6.45) is 0. The Morgan fingerprint density at radius 3 is 2.76 bits per heavy atom. The van der Waals surface area contributed by atoms with Gasteiger partial charge in [-0.05, 0) is 36.8 Å². The Labute approximate surface area is 135 Å². The third-order valence-electron chi connectivity index (χ3n) is 3.21. The van der Waals surface area contributed by atoms with E-state index in [2.05, 4.69) is 21.1 Å². The molecule has 0 aliphatic carbocycles. The van der Waals surface area contributed by atoms with Gasteiger partial charge in [-0.3, -0.25) is 0 Å². The van der Waals surface area contributed by atoms with E-state index in [4.69, 9.17) is 21.9 Å². The lowest BCUT2D eigenvalue weighted by Gasteiger charge is -2.06. The van der Waals surface area contributed by atoms with Gasteiger partial charge < -0.3 is 10.3 Å². The zero-order valence-electron chi connectivity index (χ0n) is 11.2. The molecule has 0 radical (unpaired) electrons. The predicted molar refractivity (Wildman–Crippen MR) is 89.2 cm³/mol. The van der Waals surface area contributed by atoms with Gasteiger partial charge in [0.25, 0.3) is 0 Å². The summed E-state index contributed by atoms with van der Waals surface area (Å²) < 4.78 is 6.14. The molecule has 0 saturated carbocycles. The fraction of sp³-hybridized carbons (Fsp3) is 0.0625. The van der Waals surface area contributed by atoms with E-state index in [1.807, 2.05) is 49.4 Å². The van der Waals surface area contributed by atoms with Gasteiger partial charge in [0.1, 0.15) is 5.69 Å². The quantitative estimate of drug-likeness (QED) is 0.671. The van der Waals surface area contributed by atoms with Crippen molar-refractivity contribution in [2.24, 2.45) is 0 Å². The Hall–Kier alpha value is -1.78. The Balaban J connectivity index is 2.24. The highest BCUT2D eigenvalue weighted by atomic mass is 79.9. The number of hydrogen-bond acceptors (Lipinski definition) is 3. The monoisotopic (exact) mass is 362 g/mol. The van der Waals surface area contributed by atoms with Gasteiger partial charge in [0.05, 0.1) is 5.56 Å². The molecule has 0 saturated heterocycles. The number of aryl methyl sites for hydroxylation is 1. The molecule has 2 N–H and O–H groups in total. The average Bonchev–Trinajstić information content (AvgIpc) is 2.83. The Kier molecular flexibility index (Phi) is 3.74. The lowest BCUT2D eigenvalue weighted by Crippen LogP contribution is -1.89. The molecule has 21 heavy (non-hydrogen) atoms. The summed E-state index contributed by atoms with van der Waals surface area (Å²) in [5, 5.41) is 4.76. The molecule has 3 rings (SSSR count). The minimum absolute atomic E-state index is 0.278. The highest BCUT2D eigenvalue weighted by Gasteiger charge is 2.19. The van der Waals surface area contributed by atoms with Crippen LogP contribution in [0.25, 0.3) is 22.4 Å². The number of benzene rings is 2. The number of halogens is 2. The van der Waals surface area contributed by atoms with Gasteiger partial charge in [-0.15, -0.1) is 0 Å². The molecule has 3 nitrogen and oxygen atoms in total. The number of hydrogen-bond donors (Lipinski definition) is 1. The van der Waals surface area contributed by atoms with E-state index >= 15 is 0 Å². The lowest BCUT2D eigenvalue weighted by atomic mass is 10.00. The van der Waals surface area contributed by atoms with Crippen LogP contribution in [0.2, 0.25) is 5.02 Å². The molecular weight excluding hydrogens is 352 g/mol. The molecule has 3 aromatic rings. The van der Waals surface area contributed by atoms with E-state index in [0.717, 1.165) is 26.7 Å². The Morgan fingerprint density at radius 1 is 1.19 bits per heavy atom. The molecule has 0 aliphatic rings. The van der Waals surface area contributed by atoms with Crippen molar-refractivity contribution in [2.45, 2.75) is 6.92 Å². The molecule has 1 aromatic heterocycles. The second-order valence-electron chi connectivity index (χ2n) is 4.76. The van der Waals surface area contributed by atoms with Gasteiger partial charge in [-0.25, -0.2) is 0 Å². The lowest BCUT2D eigenvalue weighted by molar-refractivity contribution is 0.439. The molecule has 1 heterocycles. The van der Waals surface area contributed by atoms with Gasteiger partial charge in [0.15, 0.2) is 0 Å². The van der Waals surface area contributed by atoms with E-state index < -0.39 is 0 Å². The molecule has 0 amide bonds. The van der Waals surface area contributed by atoms with Crippen LogP contribution in [0.4, 0.5) is 5.88 Å². The molecule has 0 spiro atoms. The molecule has 0 bridgehead atoms. The molecule has 0 atom stereocenters. The van der Waals surface area contributed by atoms with Crippen molar-refractivity contribution in [3.05, 3.63) is 57.5 Å². The largest absolute Gasteiger partial charge is 0.367 e. The standard InChI is InChI=1S/C16H12BrClN2O/c1-9-5-6-13(17)12(7-9)15-14(16(19)21-20-15)10-3-2-4-11(18)8-10/h2-8H,19H2,1H3. The summed E-state index contributed by atoms with van der Waals surface area (Å²) in [5.41, 5.74) is 10.4. The first-order chi connectivity index (χ1) is 10.1. The molecular formula is C16H12BrClN2O. The van der Waals surface area contributed by atoms with E-state index in [-0.39, 0.29) is 5.88 Å². The summed E-state index contributed by atoms with van der Waals surface area (Å²) in [5.74, 6) is 0.278. The summed E-state index contributed by atoms with van der Waals surface area (Å²) in [6, 6.07) is 13.5. The van der Waals surface area contributed by atoms with Crippen LogP contribution in [0.15, 0.2) is 51.5 Å². The highest BCUT2D eigenvalue weighted by Crippen LogP contribution is 2.39. The smallest absolute Gasteiger partial charge is 0.230 e. The van der Waals surface area contributed by atoms with Gasteiger partial charge in [0.2, 0.25) is 5.88 Å². The van der Waals surface area contributed by atoms with Crippen molar-refractivity contribution in [2.75, 3.05) is 5.73 Å². The average molecular weight is 364 g/mol. The maximum Gasteiger partial charge on any atom is 0.230 e. The number of rotatable bonds is 2. The van der Waals surface area contributed by atoms with Crippen molar-refractivity contribution in [3.63, 3.8) is 0 Å². The molecule has 2 aromatic carbocycles. The second-order valence-corrected chi connectivity index (χ2v) is 6.05. The van der Waals surface area contributed by atoms with Gasteiger partial charge in [-0.2, -0.15) is 0 Å². The minimum atomic E-state index is 0.278. The summed E-state index contributed by atoms with van der Waals surface area (Å²) >= 11 is 9.62. The van der Waals surface area contributed by atoms with Crippen LogP contribution in [0.5, 0.6) is 0 Å². The van der Waals surface area contributed by atoms with Crippen molar-refractivity contribution in [1.82, 2.24) is 5.16 Å². The molecule has 5 heteroatoms. The summed E-state index contributed by atoms with van der Waals surface area (Å²) in [6.45, 7) is 2.03. The van der Waals surface area contributed by atoms with Crippen LogP contribution >= 0.6 is 27.5 Å². The van der Waals surface area contributed by atoms with Crippen molar-refractivity contribution in [3.8, 4) is 22.4 Å². The number of aromatic nitrogens is 1. The molecule has 0 aliphatic heterocycles. The molecule has 0 unspecified atom stereocenters. The normalized spacial score (nSPS) is 10.8. The highest BCUT2D eigenvalue weighted by molar-refractivity contribution is 9.10. The summed E-state index contributed by atoms with van der Waals surface area (Å²) in [4.78, 5) is 0. The van der Waals surface area contributed by atoms with Crippen LogP contribution < -0.4 is 5.73 Å². The number of anilines is 1. The SMILES string of the molecule is Cc1ccc(Br)c(-c2noc(N)c2-c2cccc(Cl)c2)c1. The number of nitrogens with zero attached hydrogens (tertiary/aromatic N) is 1. The second kappa shape index (κ2) is 5.54. The first-order valence-corrected chi connectivity index (χ1v) is 7.51. The van der Waals surface area contributed by atoms with E-state index in [9.17, 15) is 0 Å². The third-order valence-corrected chi connectivity index (χ3v) is 4.14. The maximum atomic E-state index is 6.07. The molecule has 0 fully saturated rings. The molecule has 106 valence electrons. The van der Waals surface area contributed by atoms with Crippen LogP contribution in [0, 0.1) is 6.92 Å². The maximum absolute atomic E-state index is 6.07. The van der Waals surface area contributed by atoms with Gasteiger partial charge >= 0.3 is 0 Å². The van der Waals surface area contributed by atoms with E-state index in [0.29, 0.717) is 10.7 Å². The van der Waals surface area contributed by atoms with Crippen LogP contribution in [-0.4, -0.2) is 5.16 Å². The van der Waals surface area contributed by atoms with Crippen molar-refractivity contribution in [1.29, 1.82) is 0 Å². The van der Waals surface area contributed by atoms with Gasteiger partial charge in [0, 0.05) is 15.1 Å². The summed E-state index contributed by atoms with van der Waals surface area (Å²) in [7, 11) is 0. The van der Waals surface area contributed by atoms with E-state index in [1.165, 1.54) is 0 Å². The topological polar surface area (TPSA) is 52.0 Å². The fourth-order valence-corrected chi connectivity index (χ4v) is 2.85. The fourth-order valence-electron chi connectivity index (χ4n) is 2.23. The van der Waals surface area contributed by atoms with Crippen LogP contribution in [0.1, 0.15) is 5.56 Å². The zero-order chi connectivity index (χ0) is 15.0. The van der Waals surface area contributed by atoms with Crippen molar-refractivity contribution >= 4 is 33.4 Å². The minimum Gasteiger partial charge on any atom is -0.367 e. The van der Waals surface area contributed by atoms with Crippen molar-refractivity contribution < 1.29 is 4.52 Å². The predicted octanol–water partition coefficient (Wildman–Crippen LogP) is 5.32. The van der Waals surface area contributed by atoms with E-state index in [1.54, 1.807) is 0 Å². The number of nitrogens with two attached hydrogens (primary N) is 1.